The highest BCUT2D eigenvalue weighted by molar-refractivity contribution is 8.00. The topological polar surface area (TPSA) is 48.1 Å². The number of halogens is 3. The number of nitrogen functional groups attached to an aromatic ring is 1. The van der Waals surface area contributed by atoms with Crippen LogP contribution >= 0.6 is 11.8 Å². The summed E-state index contributed by atoms with van der Waals surface area (Å²) >= 11 is 1.38. The van der Waals surface area contributed by atoms with E-state index in [9.17, 15) is 13.2 Å². The van der Waals surface area contributed by atoms with Crippen LogP contribution in [-0.2, 0) is 10.9 Å². The van der Waals surface area contributed by atoms with Crippen LogP contribution in [0.1, 0.15) is 18.5 Å². The van der Waals surface area contributed by atoms with Crippen LogP contribution in [-0.4, -0.2) is 23.4 Å². The van der Waals surface area contributed by atoms with E-state index in [4.69, 9.17) is 10.5 Å². The van der Waals surface area contributed by atoms with Gasteiger partial charge in [-0.1, -0.05) is 0 Å². The van der Waals surface area contributed by atoms with Crippen LogP contribution in [0.15, 0.2) is 17.2 Å². The number of pyridine rings is 1. The number of alkyl halides is 3. The quantitative estimate of drug-likeness (QED) is 0.903. The zero-order chi connectivity index (χ0) is 13.2. The van der Waals surface area contributed by atoms with E-state index in [0.29, 0.717) is 23.8 Å². The summed E-state index contributed by atoms with van der Waals surface area (Å²) in [5.41, 5.74) is 5.06. The molecule has 1 fully saturated rings. The molecule has 0 radical (unpaired) electrons. The van der Waals surface area contributed by atoms with Crippen LogP contribution in [0.5, 0.6) is 0 Å². The molecule has 0 aliphatic carbocycles. The number of hydrogen-bond donors (Lipinski definition) is 1. The summed E-state index contributed by atoms with van der Waals surface area (Å²) in [7, 11) is 0. The van der Waals surface area contributed by atoms with Crippen LogP contribution in [0.4, 0.5) is 18.9 Å². The van der Waals surface area contributed by atoms with E-state index in [2.05, 4.69) is 4.98 Å². The Kier molecular flexibility index (Phi) is 4.01. The molecule has 0 bridgehead atoms. The van der Waals surface area contributed by atoms with Crippen molar-refractivity contribution in [2.75, 3.05) is 18.9 Å². The maximum absolute atomic E-state index is 12.5. The molecule has 1 aromatic rings. The molecule has 0 spiro atoms. The fraction of sp³-hybridized carbons (Fsp3) is 0.545. The molecule has 2 N–H and O–H groups in total. The van der Waals surface area contributed by atoms with Crippen molar-refractivity contribution in [3.05, 3.63) is 18.0 Å². The standard InChI is InChI=1S/C11H13F3N2OS/c12-11(13,14)10-5-9(8(15)6-16-10)18-7-1-3-17-4-2-7/h5-7H,1-4,15H2. The van der Waals surface area contributed by atoms with Gasteiger partial charge in [-0.15, -0.1) is 11.8 Å². The van der Waals surface area contributed by atoms with Gasteiger partial charge in [-0.25, -0.2) is 4.98 Å². The number of thioether (sulfide) groups is 1. The Bertz CT molecular complexity index is 419. The fourth-order valence-electron chi connectivity index (χ4n) is 1.68. The SMILES string of the molecule is Nc1cnc(C(F)(F)F)cc1SC1CCOCC1. The Balaban J connectivity index is 2.15. The lowest BCUT2D eigenvalue weighted by atomic mass is 10.2. The van der Waals surface area contributed by atoms with Crippen molar-refractivity contribution < 1.29 is 17.9 Å². The molecule has 1 aromatic heterocycles. The Morgan fingerprint density at radius 2 is 2.00 bits per heavy atom. The van der Waals surface area contributed by atoms with E-state index >= 15 is 0 Å². The minimum Gasteiger partial charge on any atom is -0.397 e. The highest BCUT2D eigenvalue weighted by Gasteiger charge is 2.33. The summed E-state index contributed by atoms with van der Waals surface area (Å²) in [6.07, 6.45) is -1.70. The predicted octanol–water partition coefficient (Wildman–Crippen LogP) is 2.95. The van der Waals surface area contributed by atoms with E-state index in [1.54, 1.807) is 0 Å². The molecule has 1 aliphatic heterocycles. The van der Waals surface area contributed by atoms with Crippen LogP contribution < -0.4 is 5.73 Å². The number of rotatable bonds is 2. The second-order valence-corrected chi connectivity index (χ2v) is 5.38. The molecule has 0 saturated carbocycles. The molecular weight excluding hydrogens is 265 g/mol. The second-order valence-electron chi connectivity index (χ2n) is 4.03. The van der Waals surface area contributed by atoms with E-state index in [0.717, 1.165) is 25.1 Å². The third-order valence-corrected chi connectivity index (χ3v) is 4.06. The summed E-state index contributed by atoms with van der Waals surface area (Å²) < 4.78 is 42.8. The van der Waals surface area contributed by atoms with Crippen molar-refractivity contribution in [3.8, 4) is 0 Å². The van der Waals surface area contributed by atoms with Crippen molar-refractivity contribution in [2.45, 2.75) is 29.2 Å². The summed E-state index contributed by atoms with van der Waals surface area (Å²) in [5.74, 6) is 0. The van der Waals surface area contributed by atoms with Crippen LogP contribution in [0.25, 0.3) is 0 Å². The molecule has 100 valence electrons. The van der Waals surface area contributed by atoms with Crippen molar-refractivity contribution in [2.24, 2.45) is 0 Å². The third kappa shape index (κ3) is 3.29. The highest BCUT2D eigenvalue weighted by Crippen LogP contribution is 2.36. The third-order valence-electron chi connectivity index (χ3n) is 2.65. The predicted molar refractivity (Wildman–Crippen MR) is 63.3 cm³/mol. The number of nitrogens with zero attached hydrogens (tertiary/aromatic N) is 1. The maximum Gasteiger partial charge on any atom is 0.433 e. The number of aromatic nitrogens is 1. The molecule has 2 heterocycles. The number of ether oxygens (including phenoxy) is 1. The lowest BCUT2D eigenvalue weighted by molar-refractivity contribution is -0.141. The minimum absolute atomic E-state index is 0.254. The van der Waals surface area contributed by atoms with Crippen LogP contribution in [0, 0.1) is 0 Å². The highest BCUT2D eigenvalue weighted by atomic mass is 32.2. The van der Waals surface area contributed by atoms with Crippen LogP contribution in [0.3, 0.4) is 0 Å². The van der Waals surface area contributed by atoms with Gasteiger partial charge in [0.2, 0.25) is 0 Å². The van der Waals surface area contributed by atoms with Gasteiger partial charge in [-0.3, -0.25) is 0 Å². The molecule has 7 heteroatoms. The summed E-state index contributed by atoms with van der Waals surface area (Å²) in [5, 5.41) is 0.254. The average Bonchev–Trinajstić information content (AvgIpc) is 2.32. The van der Waals surface area contributed by atoms with Gasteiger partial charge in [0, 0.05) is 23.4 Å². The largest absolute Gasteiger partial charge is 0.433 e. The molecule has 0 atom stereocenters. The van der Waals surface area contributed by atoms with Gasteiger partial charge in [0.05, 0.1) is 11.9 Å². The second kappa shape index (κ2) is 5.36. The lowest BCUT2D eigenvalue weighted by Crippen LogP contribution is -2.17. The number of nitrogens with two attached hydrogens (primary N) is 1. The molecule has 0 aromatic carbocycles. The molecule has 1 saturated heterocycles. The Morgan fingerprint density at radius 3 is 2.61 bits per heavy atom. The molecular formula is C11H13F3N2OS. The van der Waals surface area contributed by atoms with Gasteiger partial charge in [-0.2, -0.15) is 13.2 Å². The average molecular weight is 278 g/mol. The minimum atomic E-state index is -4.43. The summed E-state index contributed by atoms with van der Waals surface area (Å²) in [6.45, 7) is 1.30. The first-order chi connectivity index (χ1) is 8.47. The van der Waals surface area contributed by atoms with Gasteiger partial charge >= 0.3 is 6.18 Å². The molecule has 0 amide bonds. The molecule has 1 aliphatic rings. The summed E-state index contributed by atoms with van der Waals surface area (Å²) in [6, 6.07) is 1.02. The van der Waals surface area contributed by atoms with Crippen molar-refractivity contribution in [1.82, 2.24) is 4.98 Å². The molecule has 0 unspecified atom stereocenters. The van der Waals surface area contributed by atoms with E-state index in [1.165, 1.54) is 11.8 Å². The van der Waals surface area contributed by atoms with E-state index in [1.807, 2.05) is 0 Å². The molecule has 18 heavy (non-hydrogen) atoms. The van der Waals surface area contributed by atoms with Crippen molar-refractivity contribution >= 4 is 17.4 Å². The van der Waals surface area contributed by atoms with Crippen LogP contribution in [0.2, 0.25) is 0 Å². The Hall–Kier alpha value is -0.950. The zero-order valence-corrected chi connectivity index (χ0v) is 10.4. The van der Waals surface area contributed by atoms with Gasteiger partial charge in [0.1, 0.15) is 5.69 Å². The number of hydrogen-bond acceptors (Lipinski definition) is 4. The van der Waals surface area contributed by atoms with Crippen molar-refractivity contribution in [3.63, 3.8) is 0 Å². The van der Waals surface area contributed by atoms with E-state index < -0.39 is 11.9 Å². The van der Waals surface area contributed by atoms with Gasteiger partial charge in [0.25, 0.3) is 0 Å². The first kappa shape index (κ1) is 13.5. The van der Waals surface area contributed by atoms with Gasteiger partial charge in [-0.05, 0) is 18.9 Å². The first-order valence-electron chi connectivity index (χ1n) is 5.54. The smallest absolute Gasteiger partial charge is 0.397 e. The zero-order valence-electron chi connectivity index (χ0n) is 9.54. The van der Waals surface area contributed by atoms with E-state index in [-0.39, 0.29) is 5.25 Å². The Labute approximate surface area is 107 Å². The fourth-order valence-corrected chi connectivity index (χ4v) is 2.83. The lowest BCUT2D eigenvalue weighted by Gasteiger charge is -2.22. The normalized spacial score (nSPS) is 17.9. The first-order valence-corrected chi connectivity index (χ1v) is 6.42. The summed E-state index contributed by atoms with van der Waals surface area (Å²) in [4.78, 5) is 3.76. The molecule has 3 nitrogen and oxygen atoms in total. The van der Waals surface area contributed by atoms with Gasteiger partial charge in [0.15, 0.2) is 0 Å². The Morgan fingerprint density at radius 1 is 1.33 bits per heavy atom. The van der Waals surface area contributed by atoms with Gasteiger partial charge < -0.3 is 10.5 Å². The monoisotopic (exact) mass is 278 g/mol. The maximum atomic E-state index is 12.5. The number of anilines is 1. The molecule has 2 rings (SSSR count). The van der Waals surface area contributed by atoms with Crippen molar-refractivity contribution in [1.29, 1.82) is 0 Å².